The lowest BCUT2D eigenvalue weighted by Gasteiger charge is -1.96. The fourth-order valence-corrected chi connectivity index (χ4v) is 1.15. The van der Waals surface area contributed by atoms with Crippen LogP contribution in [0.2, 0.25) is 0 Å². The number of unbranched alkanes of at least 4 members (excludes halogenated alkanes) is 4. The van der Waals surface area contributed by atoms with Crippen LogP contribution >= 0.6 is 0 Å². The van der Waals surface area contributed by atoms with Gasteiger partial charge in [-0.1, -0.05) is 32.3 Å². The number of carbonyl (C=O) groups excluding carboxylic acids is 2. The zero-order valence-electron chi connectivity index (χ0n) is 9.62. The van der Waals surface area contributed by atoms with Gasteiger partial charge in [-0.15, -0.1) is 0 Å². The van der Waals surface area contributed by atoms with Gasteiger partial charge in [0.05, 0.1) is 6.61 Å². The molecule has 0 spiro atoms. The van der Waals surface area contributed by atoms with Gasteiger partial charge < -0.3 is 4.74 Å². The van der Waals surface area contributed by atoms with Gasteiger partial charge in [0.1, 0.15) is 0 Å². The van der Waals surface area contributed by atoms with Crippen LogP contribution in [0, 0.1) is 0 Å². The highest BCUT2D eigenvalue weighted by molar-refractivity contribution is 6.38. The Morgan fingerprint density at radius 3 is 2.47 bits per heavy atom. The third kappa shape index (κ3) is 7.91. The fraction of sp³-hybridized carbons (Fsp3) is 0.667. The minimum Gasteiger partial charge on any atom is -0.460 e. The number of carbonyl (C=O) groups is 2. The lowest BCUT2D eigenvalue weighted by Crippen LogP contribution is -2.14. The molecule has 0 heterocycles. The molecule has 0 rings (SSSR count). The highest BCUT2D eigenvalue weighted by Gasteiger charge is 2.09. The molecule has 0 bridgehead atoms. The van der Waals surface area contributed by atoms with Crippen molar-refractivity contribution < 1.29 is 14.3 Å². The Kier molecular flexibility index (Phi) is 8.73. The molecule has 0 saturated heterocycles. The van der Waals surface area contributed by atoms with E-state index in [1.165, 1.54) is 25.3 Å². The van der Waals surface area contributed by atoms with E-state index in [0.29, 0.717) is 0 Å². The normalized spacial score (nSPS) is 10.5. The SMILES string of the molecule is CCCCCC/C=C/C(=O)C(=O)OCC. The van der Waals surface area contributed by atoms with Crippen LogP contribution in [-0.4, -0.2) is 18.4 Å². The quantitative estimate of drug-likeness (QED) is 0.269. The summed E-state index contributed by atoms with van der Waals surface area (Å²) in [6.45, 7) is 4.08. The summed E-state index contributed by atoms with van der Waals surface area (Å²) in [4.78, 5) is 21.9. The molecule has 0 aliphatic heterocycles. The van der Waals surface area contributed by atoms with Gasteiger partial charge in [0, 0.05) is 0 Å². The summed E-state index contributed by atoms with van der Waals surface area (Å²) in [6, 6.07) is 0. The van der Waals surface area contributed by atoms with Crippen molar-refractivity contribution in [3.05, 3.63) is 12.2 Å². The van der Waals surface area contributed by atoms with Gasteiger partial charge in [-0.3, -0.25) is 4.79 Å². The number of rotatable bonds is 8. The van der Waals surface area contributed by atoms with Gasteiger partial charge in [0.15, 0.2) is 0 Å². The number of ether oxygens (including phenoxy) is 1. The second-order valence-corrected chi connectivity index (χ2v) is 3.34. The van der Waals surface area contributed by atoms with Crippen molar-refractivity contribution in [3.8, 4) is 0 Å². The van der Waals surface area contributed by atoms with Crippen molar-refractivity contribution in [1.82, 2.24) is 0 Å². The van der Waals surface area contributed by atoms with Crippen LogP contribution in [0.3, 0.4) is 0 Å². The second kappa shape index (κ2) is 9.44. The molecule has 0 amide bonds. The van der Waals surface area contributed by atoms with Gasteiger partial charge in [-0.05, 0) is 25.8 Å². The molecule has 0 N–H and O–H groups in total. The molecule has 0 aromatic heterocycles. The van der Waals surface area contributed by atoms with E-state index >= 15 is 0 Å². The summed E-state index contributed by atoms with van der Waals surface area (Å²) in [5, 5.41) is 0. The van der Waals surface area contributed by atoms with E-state index in [0.717, 1.165) is 12.8 Å². The van der Waals surface area contributed by atoms with E-state index in [4.69, 9.17) is 0 Å². The molecule has 0 unspecified atom stereocenters. The number of hydrogen-bond donors (Lipinski definition) is 0. The van der Waals surface area contributed by atoms with Crippen LogP contribution in [0.15, 0.2) is 12.2 Å². The monoisotopic (exact) mass is 212 g/mol. The molecule has 0 aliphatic carbocycles. The average molecular weight is 212 g/mol. The van der Waals surface area contributed by atoms with Crippen molar-refractivity contribution in [2.24, 2.45) is 0 Å². The molecular formula is C12H20O3. The van der Waals surface area contributed by atoms with Gasteiger partial charge >= 0.3 is 5.97 Å². The first kappa shape index (κ1) is 13.9. The highest BCUT2D eigenvalue weighted by atomic mass is 16.5. The standard InChI is InChI=1S/C12H20O3/c1-3-5-6-7-8-9-10-11(13)12(14)15-4-2/h9-10H,3-8H2,1-2H3/b10-9+. The van der Waals surface area contributed by atoms with E-state index in [2.05, 4.69) is 11.7 Å². The van der Waals surface area contributed by atoms with Crippen molar-refractivity contribution in [2.45, 2.75) is 46.0 Å². The first-order chi connectivity index (χ1) is 7.22. The molecular weight excluding hydrogens is 192 g/mol. The molecule has 3 heteroatoms. The Bertz CT molecular complexity index is 219. The Hall–Kier alpha value is -1.12. The zero-order chi connectivity index (χ0) is 11.5. The summed E-state index contributed by atoms with van der Waals surface area (Å²) >= 11 is 0. The Balaban J connectivity index is 3.58. The van der Waals surface area contributed by atoms with Gasteiger partial charge in [-0.2, -0.15) is 0 Å². The summed E-state index contributed by atoms with van der Waals surface area (Å²) in [5.74, 6) is -1.32. The maximum Gasteiger partial charge on any atom is 0.378 e. The Morgan fingerprint density at radius 2 is 1.87 bits per heavy atom. The van der Waals surface area contributed by atoms with Gasteiger partial charge in [-0.25, -0.2) is 4.79 Å². The average Bonchev–Trinajstić information content (AvgIpc) is 2.23. The highest BCUT2D eigenvalue weighted by Crippen LogP contribution is 2.02. The van der Waals surface area contributed by atoms with Crippen molar-refractivity contribution in [3.63, 3.8) is 0 Å². The molecule has 15 heavy (non-hydrogen) atoms. The largest absolute Gasteiger partial charge is 0.460 e. The van der Waals surface area contributed by atoms with Crippen molar-refractivity contribution in [2.75, 3.05) is 6.61 Å². The smallest absolute Gasteiger partial charge is 0.378 e. The molecule has 0 saturated carbocycles. The predicted octanol–water partition coefficient (Wildman–Crippen LogP) is 2.65. The van der Waals surface area contributed by atoms with Crippen LogP contribution in [0.25, 0.3) is 0 Å². The van der Waals surface area contributed by atoms with Crippen LogP contribution < -0.4 is 0 Å². The van der Waals surface area contributed by atoms with Crippen molar-refractivity contribution >= 4 is 11.8 Å². The molecule has 0 fully saturated rings. The number of ketones is 1. The van der Waals surface area contributed by atoms with Crippen LogP contribution in [-0.2, 0) is 14.3 Å². The minimum atomic E-state index is -0.762. The van der Waals surface area contributed by atoms with Crippen LogP contribution in [0.4, 0.5) is 0 Å². The van der Waals surface area contributed by atoms with Crippen LogP contribution in [0.5, 0.6) is 0 Å². The van der Waals surface area contributed by atoms with Crippen molar-refractivity contribution in [1.29, 1.82) is 0 Å². The molecule has 0 aromatic rings. The molecule has 0 aliphatic rings. The summed E-state index contributed by atoms with van der Waals surface area (Å²) in [7, 11) is 0. The number of esters is 1. The van der Waals surface area contributed by atoms with E-state index in [9.17, 15) is 9.59 Å². The van der Waals surface area contributed by atoms with Crippen LogP contribution in [0.1, 0.15) is 46.0 Å². The maximum absolute atomic E-state index is 11.1. The minimum absolute atomic E-state index is 0.245. The summed E-state index contributed by atoms with van der Waals surface area (Å²) in [6.07, 6.45) is 8.57. The lowest BCUT2D eigenvalue weighted by atomic mass is 10.1. The Labute approximate surface area is 91.5 Å². The summed E-state index contributed by atoms with van der Waals surface area (Å²) in [5.41, 5.74) is 0. The zero-order valence-corrected chi connectivity index (χ0v) is 9.62. The summed E-state index contributed by atoms with van der Waals surface area (Å²) < 4.78 is 4.56. The van der Waals surface area contributed by atoms with E-state index in [1.54, 1.807) is 13.0 Å². The van der Waals surface area contributed by atoms with Gasteiger partial charge in [0.2, 0.25) is 0 Å². The first-order valence-corrected chi connectivity index (χ1v) is 5.60. The maximum atomic E-state index is 11.1. The molecule has 0 atom stereocenters. The van der Waals surface area contributed by atoms with Gasteiger partial charge in [0.25, 0.3) is 5.78 Å². The van der Waals surface area contributed by atoms with E-state index < -0.39 is 11.8 Å². The second-order valence-electron chi connectivity index (χ2n) is 3.34. The Morgan fingerprint density at radius 1 is 1.13 bits per heavy atom. The third-order valence-corrected chi connectivity index (χ3v) is 1.97. The molecule has 0 aromatic carbocycles. The number of hydrogen-bond acceptors (Lipinski definition) is 3. The topological polar surface area (TPSA) is 43.4 Å². The third-order valence-electron chi connectivity index (χ3n) is 1.97. The predicted molar refractivity (Wildman–Crippen MR) is 59.5 cm³/mol. The molecule has 86 valence electrons. The molecule has 3 nitrogen and oxygen atoms in total. The lowest BCUT2D eigenvalue weighted by molar-refractivity contribution is -0.151. The number of allylic oxidation sites excluding steroid dienone is 1. The van der Waals surface area contributed by atoms with E-state index in [-0.39, 0.29) is 6.61 Å². The molecule has 0 radical (unpaired) electrons. The van der Waals surface area contributed by atoms with E-state index in [1.807, 2.05) is 0 Å². The first-order valence-electron chi connectivity index (χ1n) is 5.60. The fourth-order valence-electron chi connectivity index (χ4n) is 1.15.